The Kier molecular flexibility index (Phi) is 16.7. The van der Waals surface area contributed by atoms with Gasteiger partial charge in [0.15, 0.2) is 0 Å². The molecule has 0 aliphatic heterocycles. The van der Waals surface area contributed by atoms with Crippen molar-refractivity contribution in [3.05, 3.63) is 0 Å². The van der Waals surface area contributed by atoms with Crippen molar-refractivity contribution in [1.29, 1.82) is 0 Å². The van der Waals surface area contributed by atoms with Crippen LogP contribution in [0.25, 0.3) is 0 Å². The molecule has 0 aromatic heterocycles. The van der Waals surface area contributed by atoms with E-state index >= 15 is 0 Å². The lowest BCUT2D eigenvalue weighted by Crippen LogP contribution is -2.29. The molecule has 0 aliphatic carbocycles. The summed E-state index contributed by atoms with van der Waals surface area (Å²) in [7, 11) is 3.11. The number of aliphatic carboxylic acids is 2. The molecule has 0 aromatic carbocycles. The highest BCUT2D eigenvalue weighted by Crippen LogP contribution is 1.87. The first-order chi connectivity index (χ1) is 6.82. The van der Waals surface area contributed by atoms with Crippen molar-refractivity contribution >= 4 is 11.9 Å². The molecule has 5 N–H and O–H groups in total. The largest absolute Gasteiger partial charge is 0.481 e. The van der Waals surface area contributed by atoms with Crippen LogP contribution in [0.1, 0.15) is 20.8 Å². The van der Waals surface area contributed by atoms with Gasteiger partial charge in [-0.15, -0.1) is 0 Å². The second-order valence-corrected chi connectivity index (χ2v) is 2.84. The van der Waals surface area contributed by atoms with E-state index in [2.05, 4.69) is 11.1 Å². The van der Waals surface area contributed by atoms with Gasteiger partial charge in [-0.25, -0.2) is 0 Å². The van der Waals surface area contributed by atoms with Crippen molar-refractivity contribution in [2.75, 3.05) is 14.1 Å². The molecule has 0 saturated carbocycles. The Morgan fingerprint density at radius 1 is 1.07 bits per heavy atom. The summed E-state index contributed by atoms with van der Waals surface area (Å²) in [5.74, 6) is -1.79. The zero-order valence-electron chi connectivity index (χ0n) is 9.94. The lowest BCUT2D eigenvalue weighted by molar-refractivity contribution is -0.140. The summed E-state index contributed by atoms with van der Waals surface area (Å²) in [5.41, 5.74) is 4.50. The van der Waals surface area contributed by atoms with Crippen LogP contribution >= 0.6 is 0 Å². The maximum absolute atomic E-state index is 9.87. The van der Waals surface area contributed by atoms with E-state index in [0.717, 1.165) is 0 Å². The molecule has 0 aliphatic rings. The Labute approximate surface area is 90.5 Å². The van der Waals surface area contributed by atoms with Crippen LogP contribution in [0.2, 0.25) is 0 Å². The Hall–Kier alpha value is -1.14. The molecule has 92 valence electrons. The Morgan fingerprint density at radius 3 is 1.33 bits per heavy atom. The number of hydrogen-bond acceptors (Lipinski definition) is 4. The highest BCUT2D eigenvalue weighted by molar-refractivity contribution is 5.72. The summed E-state index contributed by atoms with van der Waals surface area (Å²) in [4.78, 5) is 19.6. The van der Waals surface area contributed by atoms with E-state index in [1.54, 1.807) is 27.8 Å². The monoisotopic (exact) mass is 222 g/mol. The number of nitrogens with two attached hydrogens (primary N) is 1. The third kappa shape index (κ3) is 19.3. The third-order valence-corrected chi connectivity index (χ3v) is 1.30. The zero-order chi connectivity index (χ0) is 13.0. The Morgan fingerprint density at radius 2 is 1.33 bits per heavy atom. The molecule has 0 aromatic rings. The lowest BCUT2D eigenvalue weighted by atomic mass is 10.2. The molecule has 0 spiro atoms. The third-order valence-electron chi connectivity index (χ3n) is 1.30. The fourth-order valence-corrected chi connectivity index (χ4v) is 0.123. The average molecular weight is 222 g/mol. The molecule has 0 amide bonds. The van der Waals surface area contributed by atoms with E-state index in [-0.39, 0.29) is 5.92 Å². The van der Waals surface area contributed by atoms with Crippen LogP contribution in [0.3, 0.4) is 0 Å². The Balaban J connectivity index is -0.000000166. The highest BCUT2D eigenvalue weighted by Gasteiger charge is 2.04. The molecule has 6 nitrogen and oxygen atoms in total. The van der Waals surface area contributed by atoms with E-state index in [4.69, 9.17) is 10.2 Å². The number of carboxylic acids is 2. The maximum Gasteiger partial charge on any atom is 0.320 e. The smallest absolute Gasteiger partial charge is 0.320 e. The minimum atomic E-state index is -0.817. The molecule has 0 fully saturated rings. The van der Waals surface area contributed by atoms with E-state index in [0.29, 0.717) is 0 Å². The van der Waals surface area contributed by atoms with Crippen LogP contribution in [0, 0.1) is 5.92 Å². The second-order valence-electron chi connectivity index (χ2n) is 2.84. The lowest BCUT2D eigenvalue weighted by Gasteiger charge is -1.99. The van der Waals surface area contributed by atoms with E-state index in [9.17, 15) is 9.59 Å². The molecule has 1 atom stereocenters. The molecular weight excluding hydrogens is 200 g/mol. The normalized spacial score (nSPS) is 10.3. The van der Waals surface area contributed by atoms with Gasteiger partial charge < -0.3 is 21.3 Å². The summed E-state index contributed by atoms with van der Waals surface area (Å²) in [5, 5.41) is 18.7. The molecule has 0 heterocycles. The minimum absolute atomic E-state index is 0.231. The van der Waals surface area contributed by atoms with Gasteiger partial charge >= 0.3 is 11.9 Å². The van der Waals surface area contributed by atoms with Crippen molar-refractivity contribution in [3.8, 4) is 0 Å². The molecular formula is C9H22N2O4. The van der Waals surface area contributed by atoms with Gasteiger partial charge in [0.2, 0.25) is 0 Å². The summed E-state index contributed by atoms with van der Waals surface area (Å²) in [6.45, 7) is 4.87. The summed E-state index contributed by atoms with van der Waals surface area (Å²) >= 11 is 0. The van der Waals surface area contributed by atoms with Crippen LogP contribution < -0.4 is 11.1 Å². The molecule has 0 radical (unpaired) electrons. The van der Waals surface area contributed by atoms with Gasteiger partial charge in [-0.1, -0.05) is 13.8 Å². The SMILES string of the molecule is CC(C)C(=O)O.CN.CNC(C)C(=O)O. The predicted molar refractivity (Wildman–Crippen MR) is 58.7 cm³/mol. The van der Waals surface area contributed by atoms with E-state index in [1.165, 1.54) is 7.05 Å². The average Bonchev–Trinajstić information content (AvgIpc) is 2.20. The van der Waals surface area contributed by atoms with Crippen molar-refractivity contribution in [1.82, 2.24) is 5.32 Å². The van der Waals surface area contributed by atoms with Crippen LogP contribution in [0.15, 0.2) is 0 Å². The van der Waals surface area contributed by atoms with Crippen molar-refractivity contribution in [2.45, 2.75) is 26.8 Å². The number of carbonyl (C=O) groups is 2. The minimum Gasteiger partial charge on any atom is -0.481 e. The predicted octanol–water partition coefficient (Wildman–Crippen LogP) is -0.0192. The van der Waals surface area contributed by atoms with Crippen molar-refractivity contribution in [3.63, 3.8) is 0 Å². The summed E-state index contributed by atoms with van der Waals surface area (Å²) in [6, 6.07) is -0.431. The first-order valence-electron chi connectivity index (χ1n) is 4.53. The molecule has 0 rings (SSSR count). The van der Waals surface area contributed by atoms with Crippen molar-refractivity contribution < 1.29 is 19.8 Å². The topological polar surface area (TPSA) is 113 Å². The fraction of sp³-hybridized carbons (Fsp3) is 0.778. The van der Waals surface area contributed by atoms with E-state index < -0.39 is 18.0 Å². The second kappa shape index (κ2) is 12.9. The van der Waals surface area contributed by atoms with Crippen LogP contribution in [-0.2, 0) is 9.59 Å². The van der Waals surface area contributed by atoms with E-state index in [1.807, 2.05) is 0 Å². The van der Waals surface area contributed by atoms with Crippen LogP contribution in [0.4, 0.5) is 0 Å². The van der Waals surface area contributed by atoms with Gasteiger partial charge in [0.25, 0.3) is 0 Å². The molecule has 6 heteroatoms. The first kappa shape index (κ1) is 19.4. The maximum atomic E-state index is 9.87. The summed E-state index contributed by atoms with van der Waals surface area (Å²) < 4.78 is 0. The Bertz CT molecular complexity index is 171. The number of carboxylic acid groups (broad SMARTS) is 2. The highest BCUT2D eigenvalue weighted by atomic mass is 16.4. The van der Waals surface area contributed by atoms with Crippen LogP contribution in [0.5, 0.6) is 0 Å². The molecule has 15 heavy (non-hydrogen) atoms. The molecule has 0 bridgehead atoms. The van der Waals surface area contributed by atoms with Gasteiger partial charge in [-0.05, 0) is 21.0 Å². The van der Waals surface area contributed by atoms with Gasteiger partial charge in [0.05, 0.1) is 5.92 Å². The fourth-order valence-electron chi connectivity index (χ4n) is 0.123. The number of nitrogens with one attached hydrogen (secondary N) is 1. The zero-order valence-corrected chi connectivity index (χ0v) is 9.94. The first-order valence-corrected chi connectivity index (χ1v) is 4.53. The molecule has 1 unspecified atom stereocenters. The standard InChI is InChI=1S/C4H9NO2.C4H8O2.CH5N/c1-3(5-2)4(6)7;1-3(2)4(5)6;1-2/h3,5H,1-2H3,(H,6,7);3H,1-2H3,(H,5,6);2H2,1H3. The quantitative estimate of drug-likeness (QED) is 0.534. The number of hydrogen-bond donors (Lipinski definition) is 4. The van der Waals surface area contributed by atoms with Gasteiger partial charge in [-0.2, -0.15) is 0 Å². The van der Waals surface area contributed by atoms with Gasteiger partial charge in [0, 0.05) is 0 Å². The van der Waals surface area contributed by atoms with Crippen LogP contribution in [-0.4, -0.2) is 42.3 Å². The van der Waals surface area contributed by atoms with Gasteiger partial charge in [0.1, 0.15) is 6.04 Å². The van der Waals surface area contributed by atoms with Crippen molar-refractivity contribution in [2.24, 2.45) is 11.7 Å². The molecule has 0 saturated heterocycles. The number of likely N-dealkylation sites (N-methyl/N-ethyl adjacent to an activating group) is 1. The van der Waals surface area contributed by atoms with Gasteiger partial charge in [-0.3, -0.25) is 9.59 Å². The summed E-state index contributed by atoms with van der Waals surface area (Å²) in [6.07, 6.45) is 0. The number of rotatable bonds is 3.